The van der Waals surface area contributed by atoms with E-state index in [1.165, 1.54) is 0 Å². The zero-order valence-electron chi connectivity index (χ0n) is 21.1. The summed E-state index contributed by atoms with van der Waals surface area (Å²) in [5.41, 5.74) is 2.80. The molecule has 198 valence electrons. The van der Waals surface area contributed by atoms with Gasteiger partial charge in [0.1, 0.15) is 5.82 Å². The van der Waals surface area contributed by atoms with Gasteiger partial charge in [-0.1, -0.05) is 12.1 Å². The molecule has 1 aliphatic rings. The van der Waals surface area contributed by atoms with Crippen molar-refractivity contribution >= 4 is 41.1 Å². The number of carbonyl (C=O) groups excluding carboxylic acids is 2. The Bertz CT molecular complexity index is 1220. The van der Waals surface area contributed by atoms with E-state index >= 15 is 0 Å². The molecule has 3 aromatic rings. The van der Waals surface area contributed by atoms with E-state index in [9.17, 15) is 9.59 Å². The fraction of sp³-hybridized carbons (Fsp3) is 0.385. The minimum atomic E-state index is -0.598. The van der Waals surface area contributed by atoms with Crippen molar-refractivity contribution in [3.63, 3.8) is 0 Å². The molecule has 1 saturated heterocycles. The lowest BCUT2D eigenvalue weighted by Crippen LogP contribution is -2.28. The highest BCUT2D eigenvalue weighted by atomic mass is 35.5. The van der Waals surface area contributed by atoms with Crippen LogP contribution in [0.3, 0.4) is 0 Å². The van der Waals surface area contributed by atoms with Crippen LogP contribution in [0.2, 0.25) is 0 Å². The van der Waals surface area contributed by atoms with E-state index in [2.05, 4.69) is 25.9 Å². The molecular formula is C26H32ClN5O5. The summed E-state index contributed by atoms with van der Waals surface area (Å²) < 4.78 is 16.6. The molecule has 1 atom stereocenters. The van der Waals surface area contributed by atoms with Gasteiger partial charge in [0.15, 0.2) is 5.79 Å². The Morgan fingerprint density at radius 3 is 2.62 bits per heavy atom. The van der Waals surface area contributed by atoms with Gasteiger partial charge in [-0.05, 0) is 61.0 Å². The number of hydrogen-bond acceptors (Lipinski definition) is 7. The molecule has 3 heterocycles. The maximum absolute atomic E-state index is 12.3. The van der Waals surface area contributed by atoms with Crippen molar-refractivity contribution in [3.8, 4) is 11.1 Å². The van der Waals surface area contributed by atoms with Crippen LogP contribution in [0, 0.1) is 0 Å². The van der Waals surface area contributed by atoms with Crippen molar-refractivity contribution in [2.75, 3.05) is 25.1 Å². The molecule has 4 rings (SSSR count). The largest absolute Gasteiger partial charge is 0.449 e. The second kappa shape index (κ2) is 12.7. The Balaban J connectivity index is 0.00000380. The van der Waals surface area contributed by atoms with Crippen LogP contribution < -0.4 is 16.0 Å². The lowest BCUT2D eigenvalue weighted by molar-refractivity contribution is -0.139. The van der Waals surface area contributed by atoms with Gasteiger partial charge in [-0.3, -0.25) is 10.3 Å². The van der Waals surface area contributed by atoms with E-state index in [0.717, 1.165) is 27.5 Å². The first-order chi connectivity index (χ1) is 17.3. The van der Waals surface area contributed by atoms with E-state index in [0.29, 0.717) is 25.4 Å². The number of amides is 3. The molecule has 0 unspecified atom stereocenters. The fourth-order valence-corrected chi connectivity index (χ4v) is 4.03. The zero-order chi connectivity index (χ0) is 25.5. The molecule has 0 saturated carbocycles. The van der Waals surface area contributed by atoms with E-state index in [1.54, 1.807) is 18.6 Å². The summed E-state index contributed by atoms with van der Waals surface area (Å²) in [6.45, 7) is 7.04. The van der Waals surface area contributed by atoms with Crippen molar-refractivity contribution in [1.82, 2.24) is 20.6 Å². The van der Waals surface area contributed by atoms with Crippen LogP contribution in [-0.2, 0) is 20.8 Å². The van der Waals surface area contributed by atoms with E-state index in [-0.39, 0.29) is 37.7 Å². The van der Waals surface area contributed by atoms with E-state index < -0.39 is 11.9 Å². The number of alkyl carbamates (subject to hydrolysis) is 1. The number of nitrogens with zero attached hydrogens (tertiary/aromatic N) is 2. The molecule has 2 aromatic heterocycles. The highest BCUT2D eigenvalue weighted by Gasteiger charge is 2.32. The number of ether oxygens (including phenoxy) is 3. The van der Waals surface area contributed by atoms with Crippen molar-refractivity contribution in [3.05, 3.63) is 54.5 Å². The summed E-state index contributed by atoms with van der Waals surface area (Å²) in [5.74, 6) is -0.172. The molecule has 0 radical (unpaired) electrons. The quantitative estimate of drug-likeness (QED) is 0.388. The average molecular weight is 530 g/mol. The normalized spacial score (nSPS) is 16.0. The Morgan fingerprint density at radius 1 is 1.14 bits per heavy atom. The minimum absolute atomic E-state index is 0. The second-order valence-corrected chi connectivity index (χ2v) is 8.84. The van der Waals surface area contributed by atoms with Crippen molar-refractivity contribution in [2.45, 2.75) is 45.6 Å². The molecule has 3 N–H and O–H groups in total. The van der Waals surface area contributed by atoms with Crippen LogP contribution in [0.25, 0.3) is 21.9 Å². The number of nitrogens with one attached hydrogen (secondary N) is 3. The van der Waals surface area contributed by atoms with Gasteiger partial charge in [-0.25, -0.2) is 14.6 Å². The summed E-state index contributed by atoms with van der Waals surface area (Å²) in [4.78, 5) is 32.8. The fourth-order valence-electron chi connectivity index (χ4n) is 4.03. The highest BCUT2D eigenvalue weighted by Crippen LogP contribution is 2.32. The van der Waals surface area contributed by atoms with Crippen molar-refractivity contribution in [2.24, 2.45) is 0 Å². The number of benzene rings is 1. The number of fused-ring (bicyclic) bond motifs is 1. The molecule has 10 nitrogen and oxygen atoms in total. The number of anilines is 1. The minimum Gasteiger partial charge on any atom is -0.449 e. The van der Waals surface area contributed by atoms with Crippen LogP contribution in [0.4, 0.5) is 15.4 Å². The molecule has 0 spiro atoms. The number of rotatable bonds is 8. The standard InChI is InChI=1S/C26H31N5O5.ClH/c1-4-28-24(32)31-23-13-21-20(17-7-10-27-11-8-17)6-5-18(22(21)15-29-23)14-30-25(33)34-12-9-19-16-35-26(2,3)36-19;/h5-8,10-11,13,15,19H,4,9,12,14,16H2,1-3H3,(H,30,33)(H2,28,29,31,32);1H/t19-;/m1./s1. The Kier molecular flexibility index (Phi) is 9.62. The summed E-state index contributed by atoms with van der Waals surface area (Å²) in [6.07, 6.45) is 5.11. The Labute approximate surface area is 221 Å². The molecule has 1 aromatic carbocycles. The number of aromatic nitrogens is 2. The van der Waals surface area contributed by atoms with Crippen LogP contribution in [0.1, 0.15) is 32.8 Å². The maximum atomic E-state index is 12.3. The molecule has 0 bridgehead atoms. The maximum Gasteiger partial charge on any atom is 0.407 e. The smallest absolute Gasteiger partial charge is 0.407 e. The number of pyridine rings is 2. The van der Waals surface area contributed by atoms with Crippen LogP contribution in [0.15, 0.2) is 48.9 Å². The van der Waals surface area contributed by atoms with Gasteiger partial charge in [-0.15, -0.1) is 12.4 Å². The lowest BCUT2D eigenvalue weighted by Gasteiger charge is -2.17. The predicted octanol–water partition coefficient (Wildman–Crippen LogP) is 4.63. The van der Waals surface area contributed by atoms with Crippen molar-refractivity contribution in [1.29, 1.82) is 0 Å². The number of urea groups is 1. The lowest BCUT2D eigenvalue weighted by atomic mass is 9.96. The molecule has 3 amide bonds. The van der Waals surface area contributed by atoms with Crippen LogP contribution in [-0.4, -0.2) is 53.7 Å². The molecule has 11 heteroatoms. The monoisotopic (exact) mass is 529 g/mol. The van der Waals surface area contributed by atoms with Gasteiger partial charge in [0, 0.05) is 43.5 Å². The zero-order valence-corrected chi connectivity index (χ0v) is 21.9. The highest BCUT2D eigenvalue weighted by molar-refractivity contribution is 6.00. The topological polar surface area (TPSA) is 124 Å². The van der Waals surface area contributed by atoms with Gasteiger partial charge in [0.25, 0.3) is 0 Å². The third-order valence-electron chi connectivity index (χ3n) is 5.72. The first kappa shape index (κ1) is 28.1. The Hall–Kier alpha value is -3.47. The summed E-state index contributed by atoms with van der Waals surface area (Å²) >= 11 is 0. The van der Waals surface area contributed by atoms with Gasteiger partial charge in [-0.2, -0.15) is 0 Å². The second-order valence-electron chi connectivity index (χ2n) is 8.84. The summed E-state index contributed by atoms with van der Waals surface area (Å²) in [7, 11) is 0. The summed E-state index contributed by atoms with van der Waals surface area (Å²) in [5, 5.41) is 9.99. The summed E-state index contributed by atoms with van der Waals surface area (Å²) in [6, 6.07) is 9.27. The average Bonchev–Trinajstić information content (AvgIpc) is 3.21. The molecule has 1 aliphatic heterocycles. The van der Waals surface area contributed by atoms with E-state index in [4.69, 9.17) is 14.2 Å². The predicted molar refractivity (Wildman–Crippen MR) is 143 cm³/mol. The van der Waals surface area contributed by atoms with Gasteiger partial charge >= 0.3 is 12.1 Å². The van der Waals surface area contributed by atoms with Crippen molar-refractivity contribution < 1.29 is 23.8 Å². The van der Waals surface area contributed by atoms with E-state index in [1.807, 2.05) is 51.1 Å². The third-order valence-corrected chi connectivity index (χ3v) is 5.72. The molecule has 37 heavy (non-hydrogen) atoms. The number of carbonyl (C=O) groups is 2. The molecule has 1 fully saturated rings. The first-order valence-electron chi connectivity index (χ1n) is 11.9. The van der Waals surface area contributed by atoms with Gasteiger partial charge < -0.3 is 24.8 Å². The van der Waals surface area contributed by atoms with Crippen LogP contribution in [0.5, 0.6) is 0 Å². The number of hydrogen-bond donors (Lipinski definition) is 3. The number of halogens is 1. The molecule has 0 aliphatic carbocycles. The SMILES string of the molecule is CCNC(=O)Nc1cc2c(-c3ccncc3)ccc(CNC(=O)OCC[C@@H]3COC(C)(C)O3)c2cn1.Cl. The van der Waals surface area contributed by atoms with Crippen LogP contribution >= 0.6 is 12.4 Å². The Morgan fingerprint density at radius 2 is 1.92 bits per heavy atom. The molecular weight excluding hydrogens is 498 g/mol. The first-order valence-corrected chi connectivity index (χ1v) is 11.9. The van der Waals surface area contributed by atoms with Gasteiger partial charge in [0.05, 0.1) is 19.3 Å². The third kappa shape index (κ3) is 7.51. The van der Waals surface area contributed by atoms with Gasteiger partial charge in [0.2, 0.25) is 0 Å².